The number of aliphatic hydroxyl groups excluding tert-OH is 4. The number of rotatable bonds is 18. The number of hydrogen-bond acceptors (Lipinski definition) is 23. The highest BCUT2D eigenvalue weighted by Crippen LogP contribution is 2.76. The van der Waals surface area contributed by atoms with Crippen molar-refractivity contribution in [2.75, 3.05) is 41.7 Å². The summed E-state index contributed by atoms with van der Waals surface area (Å²) in [6.45, 7) is -1.93. The molecule has 12 atom stereocenters. The maximum absolute atomic E-state index is 13.4. The zero-order chi connectivity index (χ0) is 39.5. The second-order valence-electron chi connectivity index (χ2n) is 10.5. The summed E-state index contributed by atoms with van der Waals surface area (Å²) in [5, 5.41) is 41.7. The molecule has 2 aliphatic rings. The molecular formula is C22H34N4O23P4. The highest BCUT2D eigenvalue weighted by molar-refractivity contribution is 7.70. The third-order valence-corrected chi connectivity index (χ3v) is 14.7. The first-order valence-electron chi connectivity index (χ1n) is 14.5. The van der Waals surface area contributed by atoms with Crippen molar-refractivity contribution in [3.63, 3.8) is 0 Å². The Balaban J connectivity index is 1.41. The zero-order valence-electron chi connectivity index (χ0n) is 27.6. The highest BCUT2D eigenvalue weighted by atomic mass is 31.3. The van der Waals surface area contributed by atoms with Crippen molar-refractivity contribution in [1.82, 2.24) is 19.1 Å². The third-order valence-electron chi connectivity index (χ3n) is 7.21. The van der Waals surface area contributed by atoms with Crippen molar-refractivity contribution in [3.8, 4) is 0 Å². The third kappa shape index (κ3) is 10.1. The van der Waals surface area contributed by atoms with E-state index < -0.39 is 116 Å². The smallest absolute Gasteiger partial charge is 0.387 e. The van der Waals surface area contributed by atoms with Gasteiger partial charge in [0.15, 0.2) is 12.5 Å². The second kappa shape index (κ2) is 17.2. The van der Waals surface area contributed by atoms with Crippen LogP contribution < -0.4 is 22.5 Å². The molecule has 4 heterocycles. The molecule has 0 amide bonds. The fraction of sp³-hybridized carbons (Fsp3) is 0.636. The van der Waals surface area contributed by atoms with Crippen LogP contribution in [0.2, 0.25) is 0 Å². The summed E-state index contributed by atoms with van der Waals surface area (Å²) >= 11 is 0. The Morgan fingerprint density at radius 3 is 1.21 bits per heavy atom. The van der Waals surface area contributed by atoms with Crippen molar-refractivity contribution in [2.24, 2.45) is 0 Å². The summed E-state index contributed by atoms with van der Waals surface area (Å²) in [5.74, 6) is 0. The van der Waals surface area contributed by atoms with Gasteiger partial charge in [0, 0.05) is 53.0 Å². The molecule has 7 unspecified atom stereocenters. The Morgan fingerprint density at radius 2 is 0.906 bits per heavy atom. The summed E-state index contributed by atoms with van der Waals surface area (Å²) in [4.78, 5) is 50.8. The van der Waals surface area contributed by atoms with Crippen LogP contribution in [0.4, 0.5) is 0 Å². The number of phosphoric acid groups is 4. The summed E-state index contributed by atoms with van der Waals surface area (Å²) < 4.78 is 108. The van der Waals surface area contributed by atoms with Gasteiger partial charge in [-0.3, -0.25) is 55.8 Å². The SMILES string of the molecule is COP(=O)(OC[C@H]1O[C@@H](n2ccc(=O)[nH]c2=O)C(O)C1O)OP(=O)(OC)OP(=O)(OC)OP(=O)(OC)OC[C@H]1O[C@@H](n2ccc(=O)[nH]c2=O)[C@@H](O)C1O. The van der Waals surface area contributed by atoms with Crippen molar-refractivity contribution in [1.29, 1.82) is 0 Å². The minimum absolute atomic E-state index is 0.633. The fourth-order valence-electron chi connectivity index (χ4n) is 4.53. The first-order valence-corrected chi connectivity index (χ1v) is 20.3. The van der Waals surface area contributed by atoms with Crippen molar-refractivity contribution in [2.45, 2.75) is 49.1 Å². The number of aliphatic hydroxyl groups is 4. The molecule has 0 saturated carbocycles. The van der Waals surface area contributed by atoms with Gasteiger partial charge in [0.05, 0.1) is 13.2 Å². The van der Waals surface area contributed by atoms with Gasteiger partial charge in [-0.15, -0.1) is 0 Å². The first-order chi connectivity index (χ1) is 24.7. The fourth-order valence-corrected chi connectivity index (χ4v) is 11.1. The average Bonchev–Trinajstić information content (AvgIpc) is 3.55. The van der Waals surface area contributed by atoms with Crippen LogP contribution in [0.5, 0.6) is 0 Å². The van der Waals surface area contributed by atoms with Crippen LogP contribution in [-0.2, 0) is 67.8 Å². The predicted octanol–water partition coefficient (Wildman–Crippen LogP) is -1.57. The Labute approximate surface area is 295 Å². The van der Waals surface area contributed by atoms with Gasteiger partial charge in [-0.25, -0.2) is 27.8 Å². The lowest BCUT2D eigenvalue weighted by atomic mass is 10.1. The summed E-state index contributed by atoms with van der Waals surface area (Å²) in [6.07, 6.45) is -11.5. The molecule has 2 aliphatic heterocycles. The lowest BCUT2D eigenvalue weighted by Crippen LogP contribution is -2.37. The lowest BCUT2D eigenvalue weighted by molar-refractivity contribution is -0.0549. The van der Waals surface area contributed by atoms with Gasteiger partial charge in [0.25, 0.3) is 11.1 Å². The van der Waals surface area contributed by atoms with E-state index >= 15 is 0 Å². The van der Waals surface area contributed by atoms with Crippen LogP contribution in [-0.4, -0.2) is 118 Å². The van der Waals surface area contributed by atoms with Crippen LogP contribution in [0.15, 0.2) is 43.7 Å². The molecule has 27 nitrogen and oxygen atoms in total. The maximum Gasteiger partial charge on any atom is 0.492 e. The Morgan fingerprint density at radius 1 is 0.585 bits per heavy atom. The quantitative estimate of drug-likeness (QED) is 0.0923. The van der Waals surface area contributed by atoms with Gasteiger partial charge in [-0.1, -0.05) is 0 Å². The summed E-state index contributed by atoms with van der Waals surface area (Å²) in [5.41, 5.74) is -3.54. The molecule has 2 aromatic heterocycles. The number of phosphoric ester groups is 2. The van der Waals surface area contributed by atoms with Gasteiger partial charge in [-0.2, -0.15) is 12.9 Å². The molecule has 2 fully saturated rings. The predicted molar refractivity (Wildman–Crippen MR) is 168 cm³/mol. The number of aromatic amines is 2. The maximum atomic E-state index is 13.4. The van der Waals surface area contributed by atoms with E-state index in [1.807, 2.05) is 9.97 Å². The monoisotopic (exact) mass is 846 g/mol. The summed E-state index contributed by atoms with van der Waals surface area (Å²) in [6, 6.07) is 1.86. The van der Waals surface area contributed by atoms with Crippen molar-refractivity contribution in [3.05, 3.63) is 66.2 Å². The molecule has 0 aromatic carbocycles. The summed E-state index contributed by atoms with van der Waals surface area (Å²) in [7, 11) is -18.6. The number of H-pyrrole nitrogens is 2. The molecule has 6 N–H and O–H groups in total. The van der Waals surface area contributed by atoms with Gasteiger partial charge >= 0.3 is 42.7 Å². The molecule has 4 rings (SSSR count). The van der Waals surface area contributed by atoms with Crippen LogP contribution in [0, 0.1) is 0 Å². The van der Waals surface area contributed by atoms with Crippen LogP contribution in [0.3, 0.4) is 0 Å². The molecule has 2 saturated heterocycles. The Hall–Kier alpha value is -2.32. The van der Waals surface area contributed by atoms with Crippen LogP contribution in [0.25, 0.3) is 0 Å². The molecule has 0 aliphatic carbocycles. The van der Waals surface area contributed by atoms with Crippen molar-refractivity contribution < 1.29 is 88.2 Å². The molecular weight excluding hydrogens is 812 g/mol. The van der Waals surface area contributed by atoms with Crippen LogP contribution >= 0.6 is 31.3 Å². The molecule has 0 spiro atoms. The molecule has 2 aromatic rings. The standard InChI is InChI=1S/C22H34N4O23P4/c1-39-50(35,43-9-11-15(29)17(31)19(45-11)25-7-5-13(27)23-21(25)33)47-52(37,41-3)49-53(38,42-4)48-51(36,40-2)44-10-12-16(30)18(32)20(46-12)26-8-6-14(28)24-22(26)34/h5-8,11-12,15-20,29-32H,9-10H2,1-4H3,(H,23,27,33)(H,24,28,34)/t11-,12-,15?,16?,17+,18?,19-,20-,50?,51?,52?,53?/m1/s1. The second-order valence-corrected chi connectivity index (χ2v) is 18.0. The van der Waals surface area contributed by atoms with Gasteiger partial charge in [0.2, 0.25) is 0 Å². The number of aromatic nitrogens is 4. The number of hydrogen-bond donors (Lipinski definition) is 6. The average molecular weight is 846 g/mol. The highest BCUT2D eigenvalue weighted by Gasteiger charge is 2.52. The van der Waals surface area contributed by atoms with E-state index in [1.165, 1.54) is 0 Å². The van der Waals surface area contributed by atoms with E-state index in [4.69, 9.17) is 31.5 Å². The van der Waals surface area contributed by atoms with E-state index in [2.05, 4.69) is 18.1 Å². The van der Waals surface area contributed by atoms with E-state index in [-0.39, 0.29) is 0 Å². The topological polar surface area (TPSA) is 360 Å². The first kappa shape index (κ1) is 43.4. The number of ether oxygens (including phenoxy) is 2. The molecule has 300 valence electrons. The molecule has 53 heavy (non-hydrogen) atoms. The molecule has 0 bridgehead atoms. The van der Waals surface area contributed by atoms with E-state index in [0.29, 0.717) is 14.2 Å². The largest absolute Gasteiger partial charge is 0.492 e. The van der Waals surface area contributed by atoms with E-state index in [0.717, 1.165) is 47.9 Å². The minimum Gasteiger partial charge on any atom is -0.387 e. The lowest BCUT2D eigenvalue weighted by Gasteiger charge is -2.26. The van der Waals surface area contributed by atoms with Crippen LogP contribution in [0.1, 0.15) is 12.5 Å². The van der Waals surface area contributed by atoms with Gasteiger partial charge in [0.1, 0.15) is 36.6 Å². The molecule has 0 radical (unpaired) electrons. The Kier molecular flexibility index (Phi) is 14.1. The molecule has 31 heteroatoms. The van der Waals surface area contributed by atoms with Gasteiger partial charge < -0.3 is 29.9 Å². The number of nitrogens with one attached hydrogen (secondary N) is 2. The van der Waals surface area contributed by atoms with E-state index in [9.17, 15) is 57.9 Å². The van der Waals surface area contributed by atoms with E-state index in [1.54, 1.807) is 0 Å². The van der Waals surface area contributed by atoms with Crippen molar-refractivity contribution >= 4 is 31.3 Å². The minimum atomic E-state index is -5.49. The van der Waals surface area contributed by atoms with Gasteiger partial charge in [-0.05, 0) is 0 Å². The Bertz CT molecular complexity index is 1890. The zero-order valence-corrected chi connectivity index (χ0v) is 31.1. The number of nitrogens with zero attached hydrogens (tertiary/aromatic N) is 2. The normalized spacial score (nSPS) is 30.6.